The van der Waals surface area contributed by atoms with Crippen LogP contribution in [0, 0.1) is 35.0 Å². The van der Waals surface area contributed by atoms with Gasteiger partial charge >= 0.3 is 0 Å². The average molecular weight is 912 g/mol. The van der Waals surface area contributed by atoms with Gasteiger partial charge in [0.1, 0.15) is 18.8 Å². The van der Waals surface area contributed by atoms with Crippen LogP contribution in [-0.4, -0.2) is 75.3 Å². The summed E-state index contributed by atoms with van der Waals surface area (Å²) in [6.45, 7) is 10.6. The monoisotopic (exact) mass is 912 g/mol. The van der Waals surface area contributed by atoms with Gasteiger partial charge in [0, 0.05) is 30.7 Å². The summed E-state index contributed by atoms with van der Waals surface area (Å²) in [4.78, 5) is 28.6. The molecule has 3 aliphatic heterocycles. The smallest absolute Gasteiger partial charge is 0.243 e. The van der Waals surface area contributed by atoms with Gasteiger partial charge in [-0.2, -0.15) is 0 Å². The highest BCUT2D eigenvalue weighted by Crippen LogP contribution is 2.66. The maximum Gasteiger partial charge on any atom is 0.243 e. The number of rotatable bonds is 0. The molecule has 67 heavy (non-hydrogen) atoms. The molecule has 10 nitrogen and oxygen atoms in total. The Morgan fingerprint density at radius 1 is 0.940 bits per heavy atom. The number of β-amino-alcohol motifs (C(OH)–C–C–N with tert-alkyl or cyclic N) is 1. The van der Waals surface area contributed by atoms with Crippen molar-refractivity contribution < 1.29 is 34.8 Å². The van der Waals surface area contributed by atoms with Crippen LogP contribution < -0.4 is 16.4 Å². The topological polar surface area (TPSA) is 174 Å². The fourth-order valence-electron chi connectivity index (χ4n) is 12.8. The number of carbonyl (C=O) groups excluding carboxylic acids is 2. The third-order valence-corrected chi connectivity index (χ3v) is 16.4. The van der Waals surface area contributed by atoms with Gasteiger partial charge in [-0.25, -0.2) is 0 Å². The molecule has 0 saturated heterocycles. The lowest BCUT2D eigenvalue weighted by atomic mass is 9.52. The van der Waals surface area contributed by atoms with Gasteiger partial charge in [0.15, 0.2) is 5.78 Å². The van der Waals surface area contributed by atoms with Crippen molar-refractivity contribution in [2.75, 3.05) is 13.2 Å². The Labute approximate surface area is 397 Å². The number of amides is 1. The number of aliphatic hydroxyl groups excluding tert-OH is 3. The summed E-state index contributed by atoms with van der Waals surface area (Å²) >= 11 is 0. The zero-order valence-corrected chi connectivity index (χ0v) is 39.9. The number of benzene rings is 2. The van der Waals surface area contributed by atoms with Crippen LogP contribution in [0.25, 0.3) is 0 Å². The Hall–Kier alpha value is -4.44. The summed E-state index contributed by atoms with van der Waals surface area (Å²) in [6.07, 6.45) is 13.7. The van der Waals surface area contributed by atoms with Crippen molar-refractivity contribution in [2.45, 2.75) is 159 Å². The van der Waals surface area contributed by atoms with Crippen LogP contribution in [0.5, 0.6) is 0 Å². The van der Waals surface area contributed by atoms with Crippen molar-refractivity contribution in [1.29, 1.82) is 0 Å². The Balaban J connectivity index is 1.21. The second kappa shape index (κ2) is 21.1. The Kier molecular flexibility index (Phi) is 15.4. The first kappa shape index (κ1) is 49.0. The van der Waals surface area contributed by atoms with Crippen molar-refractivity contribution in [3.8, 4) is 11.8 Å². The van der Waals surface area contributed by atoms with Crippen LogP contribution in [0.1, 0.15) is 138 Å². The number of fused-ring (bicyclic) bond motifs is 7. The maximum atomic E-state index is 15.0. The van der Waals surface area contributed by atoms with Crippen LogP contribution in [0.2, 0.25) is 0 Å². The maximum absolute atomic E-state index is 15.0. The highest BCUT2D eigenvalue weighted by Gasteiger charge is 2.67. The summed E-state index contributed by atoms with van der Waals surface area (Å²) in [5, 5.41) is 55.6. The lowest BCUT2D eigenvalue weighted by Gasteiger charge is -2.56. The van der Waals surface area contributed by atoms with E-state index in [1.54, 1.807) is 0 Å². The molecule has 10 heteroatoms. The minimum atomic E-state index is -1.30. The number of hydrogen-bond acceptors (Lipinski definition) is 9. The van der Waals surface area contributed by atoms with Gasteiger partial charge in [-0.1, -0.05) is 108 Å². The lowest BCUT2D eigenvalue weighted by molar-refractivity contribution is -0.169. The normalized spacial score (nSPS) is 34.9. The number of ether oxygens (including phenoxy) is 1. The van der Waals surface area contributed by atoms with Crippen molar-refractivity contribution in [3.63, 3.8) is 0 Å². The van der Waals surface area contributed by atoms with E-state index in [0.717, 1.165) is 65.5 Å². The molecule has 0 aromatic heterocycles. The van der Waals surface area contributed by atoms with E-state index in [2.05, 4.69) is 66.3 Å². The van der Waals surface area contributed by atoms with E-state index in [0.29, 0.717) is 74.5 Å². The summed E-state index contributed by atoms with van der Waals surface area (Å²) in [7, 11) is 0. The van der Waals surface area contributed by atoms with Crippen LogP contribution in [0.15, 0.2) is 101 Å². The number of Topliss-reactive ketones (excluding diaryl/α,β-unsaturated/α-hetero) is 1. The molecule has 2 aromatic carbocycles. The Morgan fingerprint density at radius 2 is 1.75 bits per heavy atom. The van der Waals surface area contributed by atoms with Crippen LogP contribution >= 0.6 is 0 Å². The molecule has 2 bridgehead atoms. The van der Waals surface area contributed by atoms with Gasteiger partial charge in [0.05, 0.1) is 30.0 Å². The Bertz CT molecular complexity index is 2380. The number of allylic oxidation sites excluding steroid dienone is 8. The van der Waals surface area contributed by atoms with Gasteiger partial charge in [-0.15, -0.1) is 0 Å². The van der Waals surface area contributed by atoms with Crippen molar-refractivity contribution in [3.05, 3.63) is 129 Å². The van der Waals surface area contributed by atoms with E-state index in [1.807, 2.05) is 50.2 Å². The third kappa shape index (κ3) is 10.4. The molecule has 6 aliphatic rings. The summed E-state index contributed by atoms with van der Waals surface area (Å²) in [6, 6.07) is 12.9. The first-order valence-electron chi connectivity index (χ1n) is 24.9. The standard InChI is InChI=1S/C57H73N3O7/c1-35-12-5-6-29-67-49-22-11-19-41-33-57(53(64)51(41)45(49)20-8-15-36(2)14-7-13-35)47-26-25-42(61)31-39-17-9-16-38(30-39)23-24-43(62)34-59-52-50-40(18-10-21-46(50)54(58)60-55(52)65)32-48(63)37(3)44(47)27-28-56(57,4)66/h8-10,13,15-18,20-21,30,41-43,47,49,51-54,59,61-62,64,66H,2,7,11-12,14,19,22-29,31-34,58H2,1,3-4H3,(H,60,65). The number of hydrogen-bond donors (Lipinski definition) is 7. The van der Waals surface area contributed by atoms with Gasteiger partial charge in [-0.05, 0) is 149 Å². The molecule has 3 aliphatic carbocycles. The molecule has 1 spiro atoms. The molecular weight excluding hydrogens is 839 g/mol. The predicted molar refractivity (Wildman–Crippen MR) is 262 cm³/mol. The highest BCUT2D eigenvalue weighted by atomic mass is 16.5. The van der Waals surface area contributed by atoms with Gasteiger partial charge in [0.2, 0.25) is 5.91 Å². The van der Waals surface area contributed by atoms with E-state index >= 15 is 0 Å². The zero-order chi connectivity index (χ0) is 47.5. The summed E-state index contributed by atoms with van der Waals surface area (Å²) in [5.74, 6) is 5.41. The van der Waals surface area contributed by atoms with Crippen LogP contribution in [-0.2, 0) is 33.6 Å². The van der Waals surface area contributed by atoms with E-state index < -0.39 is 47.5 Å². The Morgan fingerprint density at radius 3 is 2.58 bits per heavy atom. The molecule has 0 radical (unpaired) electrons. The first-order valence-corrected chi connectivity index (χ1v) is 24.9. The van der Waals surface area contributed by atoms with Crippen molar-refractivity contribution >= 4 is 11.7 Å². The number of nitrogens with one attached hydrogen (secondary N) is 2. The number of nitrogens with two attached hydrogens (primary N) is 1. The molecule has 3 heterocycles. The van der Waals surface area contributed by atoms with Crippen LogP contribution in [0.4, 0.5) is 0 Å². The first-order chi connectivity index (χ1) is 32.2. The summed E-state index contributed by atoms with van der Waals surface area (Å²) in [5.41, 5.74) is 13.0. The van der Waals surface area contributed by atoms with E-state index in [4.69, 9.17) is 10.5 Å². The molecule has 11 unspecified atom stereocenters. The fraction of sp³-hybridized carbons (Fsp3) is 0.544. The lowest BCUT2D eigenvalue weighted by Crippen LogP contribution is -2.59. The fourth-order valence-corrected chi connectivity index (χ4v) is 12.8. The molecule has 8 rings (SSSR count). The minimum Gasteiger partial charge on any atom is -0.393 e. The van der Waals surface area contributed by atoms with Gasteiger partial charge in [-0.3, -0.25) is 14.9 Å². The second-order valence-electron chi connectivity index (χ2n) is 20.8. The number of ketones is 1. The SMILES string of the molecule is C=C1C=CC=C2C(CCCC3CC4(C5CCC(O)Cc6cccc(c6)CCC(O)CNC6C(=O)NC(N)c7cccc(c76)CC(=O)C(C)=C5CCC4(C)O)C(O)C23)OCC#CCC(C)=CCC1. The van der Waals surface area contributed by atoms with E-state index in [-0.39, 0.29) is 49.2 Å². The quantitative estimate of drug-likeness (QED) is 0.105. The molecule has 3 saturated carbocycles. The van der Waals surface area contributed by atoms with Crippen LogP contribution in [0.3, 0.4) is 0 Å². The van der Waals surface area contributed by atoms with Gasteiger partial charge in [0.25, 0.3) is 0 Å². The molecule has 8 N–H and O–H groups in total. The number of aliphatic hydroxyl groups is 4. The third-order valence-electron chi connectivity index (χ3n) is 16.4. The largest absolute Gasteiger partial charge is 0.393 e. The van der Waals surface area contributed by atoms with Gasteiger partial charge < -0.3 is 36.2 Å². The molecule has 358 valence electrons. The number of carbonyl (C=O) groups is 2. The van der Waals surface area contributed by atoms with E-state index in [9.17, 15) is 30.0 Å². The van der Waals surface area contributed by atoms with E-state index in [1.165, 1.54) is 5.57 Å². The zero-order valence-electron chi connectivity index (χ0n) is 39.9. The molecular formula is C57H73N3O7. The number of aryl methyl sites for hydroxylation is 1. The predicted octanol–water partition coefficient (Wildman–Crippen LogP) is 7.41. The minimum absolute atomic E-state index is 0.0163. The molecule has 11 atom stereocenters. The molecule has 2 aromatic rings. The highest BCUT2D eigenvalue weighted by molar-refractivity contribution is 5.98. The molecule has 1 amide bonds. The second-order valence-corrected chi connectivity index (χ2v) is 20.8. The van der Waals surface area contributed by atoms with Crippen molar-refractivity contribution in [2.24, 2.45) is 28.9 Å². The van der Waals surface area contributed by atoms with Crippen molar-refractivity contribution in [1.82, 2.24) is 10.6 Å². The summed E-state index contributed by atoms with van der Waals surface area (Å²) < 4.78 is 6.63. The molecule has 3 fully saturated rings. The average Bonchev–Trinajstić information content (AvgIpc) is 3.46.